The summed E-state index contributed by atoms with van der Waals surface area (Å²) in [6.45, 7) is 1.53. The Morgan fingerprint density at radius 2 is 2.08 bits per heavy atom. The Balaban J connectivity index is 1.44. The van der Waals surface area contributed by atoms with Crippen LogP contribution in [0.15, 0.2) is 36.5 Å². The SMILES string of the molecule is O=C(Cc1cccc2ncccc12)Nc1nnc(C2CCOCC2)s1. The average Bonchev–Trinajstić information content (AvgIpc) is 3.11. The van der Waals surface area contributed by atoms with Crippen molar-refractivity contribution in [3.05, 3.63) is 47.1 Å². The molecule has 7 heteroatoms. The van der Waals surface area contributed by atoms with Gasteiger partial charge in [0.1, 0.15) is 5.01 Å². The van der Waals surface area contributed by atoms with Crippen molar-refractivity contribution < 1.29 is 9.53 Å². The highest BCUT2D eigenvalue weighted by molar-refractivity contribution is 7.15. The molecule has 0 saturated carbocycles. The molecule has 1 aliphatic rings. The summed E-state index contributed by atoms with van der Waals surface area (Å²) in [7, 11) is 0. The second-order valence-corrected chi connectivity index (χ2v) is 7.05. The highest BCUT2D eigenvalue weighted by atomic mass is 32.1. The van der Waals surface area contributed by atoms with Crippen molar-refractivity contribution in [3.8, 4) is 0 Å². The molecule has 1 aliphatic heterocycles. The van der Waals surface area contributed by atoms with Gasteiger partial charge in [0.2, 0.25) is 11.0 Å². The topological polar surface area (TPSA) is 77.0 Å². The zero-order valence-electron chi connectivity index (χ0n) is 13.6. The van der Waals surface area contributed by atoms with E-state index in [1.807, 2.05) is 30.3 Å². The minimum Gasteiger partial charge on any atom is -0.381 e. The number of fused-ring (bicyclic) bond motifs is 1. The second kappa shape index (κ2) is 7.25. The molecule has 1 saturated heterocycles. The molecule has 3 aromatic rings. The quantitative estimate of drug-likeness (QED) is 0.779. The van der Waals surface area contributed by atoms with Crippen LogP contribution in [0, 0.1) is 0 Å². The van der Waals surface area contributed by atoms with Gasteiger partial charge in [0.15, 0.2) is 0 Å². The Kier molecular flexibility index (Phi) is 4.67. The first-order chi connectivity index (χ1) is 12.3. The van der Waals surface area contributed by atoms with Gasteiger partial charge in [-0.1, -0.05) is 29.5 Å². The maximum absolute atomic E-state index is 12.4. The van der Waals surface area contributed by atoms with Gasteiger partial charge in [-0.25, -0.2) is 0 Å². The van der Waals surface area contributed by atoms with Crippen LogP contribution in [0.2, 0.25) is 0 Å². The molecule has 1 amide bonds. The standard InChI is InChI=1S/C18H18N4O2S/c23-16(11-13-3-1-5-15-14(13)4-2-8-19-15)20-18-22-21-17(25-18)12-6-9-24-10-7-12/h1-5,8,12H,6-7,9-11H2,(H,20,22,23). The fraction of sp³-hybridized carbons (Fsp3) is 0.333. The van der Waals surface area contributed by atoms with Crippen LogP contribution >= 0.6 is 11.3 Å². The lowest BCUT2D eigenvalue weighted by atomic mass is 10.0. The number of ether oxygens (including phenoxy) is 1. The lowest BCUT2D eigenvalue weighted by Crippen LogP contribution is -2.14. The minimum atomic E-state index is -0.0916. The number of hydrogen-bond donors (Lipinski definition) is 1. The van der Waals surface area contributed by atoms with Crippen molar-refractivity contribution in [2.45, 2.75) is 25.2 Å². The van der Waals surface area contributed by atoms with Gasteiger partial charge < -0.3 is 10.1 Å². The van der Waals surface area contributed by atoms with Crippen LogP contribution < -0.4 is 5.32 Å². The number of nitrogens with zero attached hydrogens (tertiary/aromatic N) is 3. The van der Waals surface area contributed by atoms with Crippen LogP contribution in [0.5, 0.6) is 0 Å². The van der Waals surface area contributed by atoms with Gasteiger partial charge in [0.05, 0.1) is 11.9 Å². The van der Waals surface area contributed by atoms with Gasteiger partial charge >= 0.3 is 0 Å². The van der Waals surface area contributed by atoms with E-state index < -0.39 is 0 Å². The number of pyridine rings is 1. The molecule has 25 heavy (non-hydrogen) atoms. The molecule has 0 unspecified atom stereocenters. The highest BCUT2D eigenvalue weighted by Crippen LogP contribution is 2.30. The van der Waals surface area contributed by atoms with Gasteiger partial charge in [0, 0.05) is 30.7 Å². The summed E-state index contributed by atoms with van der Waals surface area (Å²) < 4.78 is 5.38. The number of carbonyl (C=O) groups is 1. The van der Waals surface area contributed by atoms with E-state index in [1.54, 1.807) is 6.20 Å². The minimum absolute atomic E-state index is 0.0916. The molecule has 3 heterocycles. The van der Waals surface area contributed by atoms with Crippen LogP contribution in [0.25, 0.3) is 10.9 Å². The predicted octanol–water partition coefficient (Wildman–Crippen LogP) is 3.16. The number of benzene rings is 1. The zero-order valence-corrected chi connectivity index (χ0v) is 14.5. The Hall–Kier alpha value is -2.38. The number of aromatic nitrogens is 3. The van der Waals surface area contributed by atoms with Crippen LogP contribution in [0.3, 0.4) is 0 Å². The summed E-state index contributed by atoms with van der Waals surface area (Å²) in [5.41, 5.74) is 1.85. The molecular formula is C18H18N4O2S. The first-order valence-corrected chi connectivity index (χ1v) is 9.15. The van der Waals surface area contributed by atoms with E-state index in [2.05, 4.69) is 20.5 Å². The molecule has 0 bridgehead atoms. The first kappa shape index (κ1) is 16.1. The van der Waals surface area contributed by atoms with Crippen molar-refractivity contribution in [1.82, 2.24) is 15.2 Å². The molecule has 4 rings (SSSR count). The Morgan fingerprint density at radius 1 is 1.20 bits per heavy atom. The van der Waals surface area contributed by atoms with Crippen molar-refractivity contribution in [3.63, 3.8) is 0 Å². The molecule has 0 radical (unpaired) electrons. The van der Waals surface area contributed by atoms with Gasteiger partial charge in [-0.2, -0.15) is 0 Å². The maximum Gasteiger partial charge on any atom is 0.230 e. The van der Waals surface area contributed by atoms with Crippen molar-refractivity contribution in [2.24, 2.45) is 0 Å². The third kappa shape index (κ3) is 3.67. The van der Waals surface area contributed by atoms with E-state index in [0.717, 1.165) is 47.5 Å². The van der Waals surface area contributed by atoms with Gasteiger partial charge in [-0.05, 0) is 30.5 Å². The molecule has 6 nitrogen and oxygen atoms in total. The van der Waals surface area contributed by atoms with Crippen molar-refractivity contribution in [1.29, 1.82) is 0 Å². The molecule has 0 spiro atoms. The second-order valence-electron chi connectivity index (χ2n) is 6.04. The smallest absolute Gasteiger partial charge is 0.230 e. The van der Waals surface area contributed by atoms with Crippen LogP contribution in [-0.4, -0.2) is 34.3 Å². The summed E-state index contributed by atoms with van der Waals surface area (Å²) in [6.07, 6.45) is 3.97. The molecule has 1 aromatic carbocycles. The van der Waals surface area contributed by atoms with E-state index in [-0.39, 0.29) is 12.3 Å². The van der Waals surface area contributed by atoms with E-state index in [0.29, 0.717) is 11.0 Å². The van der Waals surface area contributed by atoms with E-state index in [4.69, 9.17) is 4.74 Å². The third-order valence-electron chi connectivity index (χ3n) is 4.34. The summed E-state index contributed by atoms with van der Waals surface area (Å²) in [5, 5.41) is 13.8. The lowest BCUT2D eigenvalue weighted by Gasteiger charge is -2.18. The predicted molar refractivity (Wildman–Crippen MR) is 96.8 cm³/mol. The summed E-state index contributed by atoms with van der Waals surface area (Å²) in [6, 6.07) is 9.69. The summed E-state index contributed by atoms with van der Waals surface area (Å²) in [5.74, 6) is 0.298. The Morgan fingerprint density at radius 3 is 2.96 bits per heavy atom. The number of anilines is 1. The summed E-state index contributed by atoms with van der Waals surface area (Å²) >= 11 is 1.46. The molecule has 2 aromatic heterocycles. The number of nitrogens with one attached hydrogen (secondary N) is 1. The lowest BCUT2D eigenvalue weighted by molar-refractivity contribution is -0.115. The number of hydrogen-bond acceptors (Lipinski definition) is 6. The number of carbonyl (C=O) groups excluding carboxylic acids is 1. The molecule has 1 N–H and O–H groups in total. The first-order valence-electron chi connectivity index (χ1n) is 8.33. The van der Waals surface area contributed by atoms with Crippen molar-refractivity contribution in [2.75, 3.05) is 18.5 Å². The molecule has 0 aliphatic carbocycles. The van der Waals surface area contributed by atoms with Gasteiger partial charge in [-0.15, -0.1) is 10.2 Å². The monoisotopic (exact) mass is 354 g/mol. The maximum atomic E-state index is 12.4. The molecule has 128 valence electrons. The van der Waals surface area contributed by atoms with E-state index in [1.165, 1.54) is 11.3 Å². The summed E-state index contributed by atoms with van der Waals surface area (Å²) in [4.78, 5) is 16.7. The van der Waals surface area contributed by atoms with Crippen LogP contribution in [-0.2, 0) is 16.0 Å². The fourth-order valence-corrected chi connectivity index (χ4v) is 3.98. The Bertz CT molecular complexity index is 884. The van der Waals surface area contributed by atoms with Crippen LogP contribution in [0.4, 0.5) is 5.13 Å². The zero-order chi connectivity index (χ0) is 17.1. The van der Waals surface area contributed by atoms with E-state index in [9.17, 15) is 4.79 Å². The number of amides is 1. The van der Waals surface area contributed by atoms with Gasteiger partial charge in [-0.3, -0.25) is 9.78 Å². The average molecular weight is 354 g/mol. The van der Waals surface area contributed by atoms with Gasteiger partial charge in [0.25, 0.3) is 0 Å². The molecule has 0 atom stereocenters. The Labute approximate surface area is 149 Å². The van der Waals surface area contributed by atoms with Crippen LogP contribution in [0.1, 0.15) is 29.3 Å². The normalized spacial score (nSPS) is 15.4. The fourth-order valence-electron chi connectivity index (χ4n) is 3.05. The van der Waals surface area contributed by atoms with E-state index >= 15 is 0 Å². The number of rotatable bonds is 4. The largest absolute Gasteiger partial charge is 0.381 e. The highest BCUT2D eigenvalue weighted by Gasteiger charge is 2.20. The third-order valence-corrected chi connectivity index (χ3v) is 5.35. The molecule has 1 fully saturated rings. The molecular weight excluding hydrogens is 336 g/mol. The van der Waals surface area contributed by atoms with Crippen molar-refractivity contribution >= 4 is 33.3 Å².